The molecule has 0 fully saturated rings. The molecule has 4 rings (SSSR count). The van der Waals surface area contributed by atoms with Gasteiger partial charge < -0.3 is 31.6 Å². The average molecular weight is 733 g/mol. The minimum atomic E-state index is -0.868. The summed E-state index contributed by atoms with van der Waals surface area (Å²) in [6.45, 7) is 9.96. The van der Waals surface area contributed by atoms with Crippen LogP contribution >= 0.6 is 34.7 Å². The number of benzene rings is 2. The van der Waals surface area contributed by atoms with Gasteiger partial charge in [-0.25, -0.2) is 19.6 Å². The van der Waals surface area contributed by atoms with Crippen molar-refractivity contribution in [2.45, 2.75) is 49.0 Å². The molecule has 0 unspecified atom stereocenters. The Morgan fingerprint density at radius 2 is 1.84 bits per heavy atom. The molecule has 0 bridgehead atoms. The van der Waals surface area contributed by atoms with Gasteiger partial charge in [-0.15, -0.1) is 11.3 Å². The van der Waals surface area contributed by atoms with Crippen molar-refractivity contribution in [2.75, 3.05) is 32.1 Å². The van der Waals surface area contributed by atoms with Crippen molar-refractivity contribution in [3.8, 4) is 33.5 Å². The van der Waals surface area contributed by atoms with E-state index in [4.69, 9.17) is 44.1 Å². The third-order valence-electron chi connectivity index (χ3n) is 7.36. The number of anilines is 1. The van der Waals surface area contributed by atoms with E-state index in [0.29, 0.717) is 51.5 Å². The first kappa shape index (κ1) is 38.1. The lowest BCUT2D eigenvalue weighted by Gasteiger charge is -2.17. The zero-order valence-electron chi connectivity index (χ0n) is 27.6. The third kappa shape index (κ3) is 10.2. The quantitative estimate of drug-likeness (QED) is 0.0422. The number of carbonyl (C=O) groups is 2. The number of halogens is 1. The Hall–Kier alpha value is -4.70. The molecule has 50 heavy (non-hydrogen) atoms. The lowest BCUT2D eigenvalue weighted by Crippen LogP contribution is -2.47. The normalized spacial score (nSPS) is 11.9. The van der Waals surface area contributed by atoms with Crippen LogP contribution in [-0.2, 0) is 20.1 Å². The number of nitrogens with one attached hydrogen (secondary N) is 2. The van der Waals surface area contributed by atoms with E-state index in [1.54, 1.807) is 31.3 Å². The van der Waals surface area contributed by atoms with Gasteiger partial charge in [0.05, 0.1) is 23.9 Å². The highest BCUT2D eigenvalue weighted by molar-refractivity contribution is 7.98. The molecule has 6 N–H and O–H groups in total. The minimum Gasteiger partial charge on any atom is -0.490 e. The number of aromatic nitrogens is 2. The Kier molecular flexibility index (Phi) is 14.4. The van der Waals surface area contributed by atoms with Crippen LogP contribution in [0.4, 0.5) is 11.5 Å². The van der Waals surface area contributed by atoms with Gasteiger partial charge in [0.25, 0.3) is 0 Å². The van der Waals surface area contributed by atoms with Crippen LogP contribution in [0.15, 0.2) is 58.9 Å². The van der Waals surface area contributed by atoms with Gasteiger partial charge in [0.15, 0.2) is 0 Å². The van der Waals surface area contributed by atoms with E-state index in [9.17, 15) is 14.9 Å². The summed E-state index contributed by atoms with van der Waals surface area (Å²) in [4.78, 5) is 37.7. The summed E-state index contributed by atoms with van der Waals surface area (Å²) in [6, 6.07) is 15.1. The topological polar surface area (TPSA) is 183 Å². The number of nitrogens with zero attached hydrogens (tertiary/aromatic N) is 4. The number of carbonyl (C=O) groups excluding carboxylic acids is 2. The molecule has 0 radical (unpaired) electrons. The summed E-state index contributed by atoms with van der Waals surface area (Å²) in [6.07, 6.45) is 1.98. The van der Waals surface area contributed by atoms with Crippen LogP contribution in [0.1, 0.15) is 37.4 Å². The number of nitriles is 1. The van der Waals surface area contributed by atoms with Gasteiger partial charge in [0.1, 0.15) is 46.9 Å². The number of pyridine rings is 1. The van der Waals surface area contributed by atoms with Gasteiger partial charge in [0.2, 0.25) is 11.6 Å². The second kappa shape index (κ2) is 18.9. The van der Waals surface area contributed by atoms with Crippen LogP contribution in [0.5, 0.6) is 5.75 Å². The fourth-order valence-electron chi connectivity index (χ4n) is 4.73. The molecule has 0 spiro atoms. The molecule has 260 valence electrons. The Balaban J connectivity index is 1.39. The maximum atomic E-state index is 12.4. The number of thioether (sulfide) groups is 1. The Morgan fingerprint density at radius 3 is 2.50 bits per heavy atom. The Bertz CT molecular complexity index is 1860. The van der Waals surface area contributed by atoms with E-state index in [1.807, 2.05) is 29.6 Å². The Morgan fingerprint density at radius 1 is 1.12 bits per heavy atom. The summed E-state index contributed by atoms with van der Waals surface area (Å²) in [5.74, 6) is 0.295. The van der Waals surface area contributed by atoms with Crippen molar-refractivity contribution >= 4 is 58.1 Å². The fraction of sp³-hybridized carbons (Fsp3) is 0.314. The maximum Gasteiger partial charge on any atom is 0.328 e. The molecular weight excluding hydrogens is 696 g/mol. The van der Waals surface area contributed by atoms with Gasteiger partial charge in [-0.3, -0.25) is 4.79 Å². The summed E-state index contributed by atoms with van der Waals surface area (Å²) >= 11 is 8.91. The zero-order valence-corrected chi connectivity index (χ0v) is 30.0. The monoisotopic (exact) mass is 732 g/mol. The molecule has 0 aliphatic carbocycles. The molecule has 0 aliphatic heterocycles. The molecule has 1 amide bonds. The number of hydrogen-bond acceptors (Lipinski definition) is 12. The second-order valence-corrected chi connectivity index (χ2v) is 13.2. The van der Waals surface area contributed by atoms with Gasteiger partial charge in [-0.05, 0) is 56.1 Å². The Labute approximate surface area is 304 Å². The minimum absolute atomic E-state index is 0.0412. The number of esters is 1. The molecule has 0 saturated carbocycles. The predicted molar refractivity (Wildman–Crippen MR) is 197 cm³/mol. The van der Waals surface area contributed by atoms with Crippen LogP contribution in [-0.4, -0.2) is 60.7 Å². The van der Waals surface area contributed by atoms with Crippen LogP contribution in [0, 0.1) is 17.9 Å². The first-order chi connectivity index (χ1) is 24.2. The molecule has 15 heteroatoms. The first-order valence-corrected chi connectivity index (χ1v) is 18.0. The maximum absolute atomic E-state index is 12.4. The molecule has 4 aromatic rings. The molecule has 2 atom stereocenters. The largest absolute Gasteiger partial charge is 0.490 e. The number of ether oxygens (including phenoxy) is 2. The molecular formula is C35H37ClN8O4S2. The lowest BCUT2D eigenvalue weighted by molar-refractivity contribution is -0.148. The van der Waals surface area contributed by atoms with Crippen LogP contribution in [0.3, 0.4) is 0 Å². The van der Waals surface area contributed by atoms with Crippen molar-refractivity contribution in [3.05, 3.63) is 81.6 Å². The highest BCUT2D eigenvalue weighted by Crippen LogP contribution is 2.43. The van der Waals surface area contributed by atoms with Crippen molar-refractivity contribution < 1.29 is 19.1 Å². The van der Waals surface area contributed by atoms with E-state index < -0.39 is 24.0 Å². The molecule has 0 aliphatic rings. The molecule has 0 saturated heterocycles. The van der Waals surface area contributed by atoms with E-state index in [-0.39, 0.29) is 24.5 Å². The smallest absolute Gasteiger partial charge is 0.328 e. The summed E-state index contributed by atoms with van der Waals surface area (Å²) < 4.78 is 11.0. The SMILES string of the molecule is [C-]#[N+]c1c(NC)nc(SCc2csc(-c3ccc(Cl)cc3)n2)c(C#N)c1-c1ccc(OCCOC(=O)[C@H](C)NC(=O)[C@@H](N)CCCCN)cc1. The number of amides is 1. The zero-order chi connectivity index (χ0) is 36.0. The average Bonchev–Trinajstić information content (AvgIpc) is 3.61. The van der Waals surface area contributed by atoms with Gasteiger partial charge in [-0.2, -0.15) is 5.26 Å². The van der Waals surface area contributed by atoms with E-state index >= 15 is 0 Å². The number of hydrogen-bond donors (Lipinski definition) is 4. The lowest BCUT2D eigenvalue weighted by atomic mass is 10.00. The third-order valence-corrected chi connectivity index (χ3v) is 9.56. The molecule has 2 heterocycles. The summed E-state index contributed by atoms with van der Waals surface area (Å²) in [5.41, 5.74) is 14.8. The van der Waals surface area contributed by atoms with Crippen molar-refractivity contribution in [1.82, 2.24) is 15.3 Å². The van der Waals surface area contributed by atoms with Crippen molar-refractivity contribution in [1.29, 1.82) is 5.26 Å². The van der Waals surface area contributed by atoms with Gasteiger partial charge in [0, 0.05) is 34.3 Å². The highest BCUT2D eigenvalue weighted by Gasteiger charge is 2.23. The van der Waals surface area contributed by atoms with Gasteiger partial charge >= 0.3 is 5.97 Å². The van der Waals surface area contributed by atoms with E-state index in [0.717, 1.165) is 29.1 Å². The van der Waals surface area contributed by atoms with Gasteiger partial charge in [-0.1, -0.05) is 54.0 Å². The fourth-order valence-corrected chi connectivity index (χ4v) is 6.67. The van der Waals surface area contributed by atoms with Crippen molar-refractivity contribution in [3.63, 3.8) is 0 Å². The van der Waals surface area contributed by atoms with Crippen LogP contribution in [0.25, 0.3) is 26.5 Å². The van der Waals surface area contributed by atoms with Crippen molar-refractivity contribution in [2.24, 2.45) is 11.5 Å². The predicted octanol–water partition coefficient (Wildman–Crippen LogP) is 6.16. The highest BCUT2D eigenvalue weighted by atomic mass is 35.5. The summed E-state index contributed by atoms with van der Waals surface area (Å²) in [7, 11) is 1.68. The molecule has 2 aromatic heterocycles. The second-order valence-electron chi connectivity index (χ2n) is 10.9. The number of nitrogens with two attached hydrogens (primary N) is 2. The molecule has 2 aromatic carbocycles. The van der Waals surface area contributed by atoms with E-state index in [2.05, 4.69) is 26.5 Å². The van der Waals surface area contributed by atoms with Crippen LogP contribution in [0.2, 0.25) is 5.02 Å². The van der Waals surface area contributed by atoms with E-state index in [1.165, 1.54) is 30.0 Å². The molecule has 12 nitrogen and oxygen atoms in total. The standard InChI is InChI=1S/C35H37ClN8O4S2/c1-21(42-32(45)28(39)6-4-5-15-37)35(46)48-17-16-47-26-13-9-22(10-14-26)29-27(18-38)34(44-31(41-3)30(29)40-2)50-20-25-19-49-33(43-25)23-7-11-24(36)12-8-23/h7-14,19,21,28H,4-6,15-17,20,37,39H2,1,3H3,(H,41,44)(H,42,45)/t21-,28-/m0/s1. The number of rotatable bonds is 17. The van der Waals surface area contributed by atoms with Crippen LogP contribution < -0.4 is 26.8 Å². The first-order valence-electron chi connectivity index (χ1n) is 15.7. The summed E-state index contributed by atoms with van der Waals surface area (Å²) in [5, 5.41) is 19.8. The number of thiazole rings is 1. The number of unbranched alkanes of at least 4 members (excludes halogenated alkanes) is 1.